The second-order valence-corrected chi connectivity index (χ2v) is 13.7. The maximum absolute atomic E-state index is 3.77. The normalized spacial score (nSPS) is 18.6. The Morgan fingerprint density at radius 3 is 1.90 bits per heavy atom. The first kappa shape index (κ1) is 28.0. The first-order valence-corrected chi connectivity index (χ1v) is 15.9. The molecule has 0 spiro atoms. The summed E-state index contributed by atoms with van der Waals surface area (Å²) in [6, 6.07) is 41.3. The van der Waals surface area contributed by atoms with Gasteiger partial charge in [0.1, 0.15) is 0 Å². The molecule has 0 N–H and O–H groups in total. The summed E-state index contributed by atoms with van der Waals surface area (Å²) < 4.78 is 2.36. The fourth-order valence-corrected chi connectivity index (χ4v) is 9.33. The van der Waals surface area contributed by atoms with Gasteiger partial charge >= 0.3 is 26.2 Å². The summed E-state index contributed by atoms with van der Waals surface area (Å²) >= 11 is 7.39. The van der Waals surface area contributed by atoms with Crippen LogP contribution in [0.25, 0.3) is 12.2 Å². The summed E-state index contributed by atoms with van der Waals surface area (Å²) in [5.74, 6) is 0.519. The van der Waals surface area contributed by atoms with Crippen molar-refractivity contribution in [2.45, 2.75) is 11.8 Å². The summed E-state index contributed by atoms with van der Waals surface area (Å²) in [5, 5.41) is 4.26. The molecule has 0 saturated heterocycles. The van der Waals surface area contributed by atoms with Gasteiger partial charge in [-0.25, -0.2) is 12.2 Å². The predicted octanol–water partition coefficient (Wildman–Crippen LogP) is 9.12. The van der Waals surface area contributed by atoms with Crippen LogP contribution < -0.4 is 15.9 Å². The van der Waals surface area contributed by atoms with Crippen molar-refractivity contribution in [2.24, 2.45) is 0 Å². The first-order chi connectivity index (χ1) is 19.2. The second kappa shape index (κ2) is 12.0. The number of hydrogen-bond donors (Lipinski definition) is 0. The number of benzene rings is 5. The molecule has 6 bridgehead atoms. The molecule has 4 heteroatoms. The van der Waals surface area contributed by atoms with Crippen molar-refractivity contribution in [1.82, 2.24) is 0 Å². The Balaban J connectivity index is 0.000000190. The summed E-state index contributed by atoms with van der Waals surface area (Å²) in [4.78, 5) is 0. The summed E-state index contributed by atoms with van der Waals surface area (Å²) in [6.45, 7) is 0. The van der Waals surface area contributed by atoms with Crippen molar-refractivity contribution in [3.63, 3.8) is 0 Å². The Hall–Kier alpha value is -2.15. The van der Waals surface area contributed by atoms with Crippen LogP contribution in [0, 0.1) is 12.2 Å². The number of allylic oxidation sites excluding steroid dienone is 2. The molecule has 192 valence electrons. The summed E-state index contributed by atoms with van der Waals surface area (Å²) in [7, 11) is -0.533. The zero-order chi connectivity index (χ0) is 26.3. The largest absolute Gasteiger partial charge is 4.00 e. The molecule has 3 unspecified atom stereocenters. The van der Waals surface area contributed by atoms with Crippen molar-refractivity contribution in [2.75, 3.05) is 0 Å². The minimum atomic E-state index is -0.533. The van der Waals surface area contributed by atoms with Gasteiger partial charge in [-0.15, -0.1) is 17.2 Å². The van der Waals surface area contributed by atoms with Gasteiger partial charge in [-0.1, -0.05) is 169 Å². The predicted molar refractivity (Wildman–Crippen MR) is 175 cm³/mol. The third-order valence-corrected chi connectivity index (χ3v) is 11.4. The molecule has 2 aliphatic heterocycles. The third kappa shape index (κ3) is 5.05. The van der Waals surface area contributed by atoms with Crippen LogP contribution >= 0.6 is 39.8 Å². The SMILES string of the molecule is Brc1ccc2c3c1C([C-]=C3)c1ccc(cc1)P2c1ccccc1.Brc1cccc2c1C(c1ccccc1)[C-]=C2.[H-].[H-].[Zr+4]. The molecule has 9 rings (SSSR count). The Morgan fingerprint density at radius 1 is 0.550 bits per heavy atom. The summed E-state index contributed by atoms with van der Waals surface area (Å²) in [6.07, 6.45) is 11.3. The van der Waals surface area contributed by atoms with Crippen LogP contribution in [0.15, 0.2) is 124 Å². The number of halogens is 2. The quantitative estimate of drug-likeness (QED) is 0.125. The maximum atomic E-state index is 3.77. The van der Waals surface area contributed by atoms with Gasteiger partial charge in [0.05, 0.1) is 0 Å². The van der Waals surface area contributed by atoms with Crippen LogP contribution in [0.5, 0.6) is 0 Å². The van der Waals surface area contributed by atoms with Gasteiger partial charge in [0.25, 0.3) is 0 Å². The molecule has 0 nitrogen and oxygen atoms in total. The van der Waals surface area contributed by atoms with Crippen LogP contribution in [-0.4, -0.2) is 0 Å². The number of hydrogen-bond acceptors (Lipinski definition) is 0. The average molecular weight is 740 g/mol. The number of fused-ring (bicyclic) bond motifs is 3. The van der Waals surface area contributed by atoms with E-state index in [0.717, 1.165) is 0 Å². The van der Waals surface area contributed by atoms with E-state index in [9.17, 15) is 0 Å². The van der Waals surface area contributed by atoms with Crippen molar-refractivity contribution in [3.8, 4) is 0 Å². The smallest absolute Gasteiger partial charge is 1.00 e. The Kier molecular flexibility index (Phi) is 8.39. The van der Waals surface area contributed by atoms with Crippen LogP contribution in [0.1, 0.15) is 48.1 Å². The van der Waals surface area contributed by atoms with E-state index in [0.29, 0.717) is 0 Å². The van der Waals surface area contributed by atoms with Crippen LogP contribution in [0.4, 0.5) is 0 Å². The van der Waals surface area contributed by atoms with Crippen molar-refractivity contribution < 1.29 is 29.1 Å². The van der Waals surface area contributed by atoms with Crippen LogP contribution in [0.3, 0.4) is 0 Å². The van der Waals surface area contributed by atoms with E-state index < -0.39 is 7.92 Å². The molecule has 0 fully saturated rings. The third-order valence-electron chi connectivity index (χ3n) is 7.55. The van der Waals surface area contributed by atoms with Crippen LogP contribution in [-0.2, 0) is 26.2 Å². The van der Waals surface area contributed by atoms with E-state index >= 15 is 0 Å². The molecule has 3 atom stereocenters. The van der Waals surface area contributed by atoms with Gasteiger partial charge in [0.15, 0.2) is 0 Å². The van der Waals surface area contributed by atoms with Gasteiger partial charge in [-0.05, 0) is 18.5 Å². The molecule has 5 aromatic rings. The van der Waals surface area contributed by atoms with Crippen molar-refractivity contribution in [3.05, 3.63) is 170 Å². The Bertz CT molecular complexity index is 1740. The van der Waals surface area contributed by atoms with Crippen molar-refractivity contribution >= 4 is 67.8 Å². The Morgan fingerprint density at radius 2 is 1.15 bits per heavy atom. The molecule has 4 aliphatic rings. The molecule has 2 heterocycles. The molecule has 0 aromatic heterocycles. The van der Waals surface area contributed by atoms with E-state index in [1.165, 1.54) is 58.2 Å². The molecular weight excluding hydrogens is 714 g/mol. The topological polar surface area (TPSA) is 0 Å². The fourth-order valence-electron chi connectivity index (χ4n) is 5.72. The minimum Gasteiger partial charge on any atom is -1.00 e. The molecule has 5 aromatic carbocycles. The first-order valence-electron chi connectivity index (χ1n) is 13.0. The van der Waals surface area contributed by atoms with E-state index in [1.54, 1.807) is 0 Å². The maximum Gasteiger partial charge on any atom is 4.00 e. The Labute approximate surface area is 276 Å². The molecule has 0 radical (unpaired) electrons. The zero-order valence-electron chi connectivity index (χ0n) is 23.5. The number of rotatable bonds is 2. The zero-order valence-corrected chi connectivity index (χ0v) is 28.0. The van der Waals surface area contributed by atoms with Gasteiger partial charge < -0.3 is 2.85 Å². The van der Waals surface area contributed by atoms with Crippen molar-refractivity contribution in [1.29, 1.82) is 0 Å². The fraction of sp³-hybridized carbons (Fsp3) is 0.0556. The molecule has 0 saturated carbocycles. The molecular formula is C36H25Br2PZr. The average Bonchev–Trinajstić information content (AvgIpc) is 3.64. The van der Waals surface area contributed by atoms with Gasteiger partial charge in [-0.3, -0.25) is 12.2 Å². The van der Waals surface area contributed by atoms with E-state index in [1.807, 2.05) is 6.07 Å². The van der Waals surface area contributed by atoms with Gasteiger partial charge in [0, 0.05) is 8.95 Å². The monoisotopic (exact) mass is 736 g/mol. The van der Waals surface area contributed by atoms with E-state index in [2.05, 4.69) is 165 Å². The molecule has 40 heavy (non-hydrogen) atoms. The summed E-state index contributed by atoms with van der Waals surface area (Å²) in [5.41, 5.74) is 7.95. The van der Waals surface area contributed by atoms with E-state index in [4.69, 9.17) is 0 Å². The van der Waals surface area contributed by atoms with E-state index in [-0.39, 0.29) is 40.9 Å². The molecule has 2 aliphatic carbocycles. The van der Waals surface area contributed by atoms with Crippen LogP contribution in [0.2, 0.25) is 0 Å². The minimum absolute atomic E-state index is 0. The van der Waals surface area contributed by atoms with Gasteiger partial charge in [0.2, 0.25) is 0 Å². The molecule has 0 amide bonds. The second-order valence-electron chi connectivity index (χ2n) is 9.80. The van der Waals surface area contributed by atoms with Gasteiger partial charge in [-0.2, -0.15) is 11.1 Å². The standard InChI is InChI=1S/C21H13BrP.C15H10Br.Zr.2H/c22-19-12-13-20-18-11-10-17(21(18)19)14-6-8-16(9-7-14)23(20)15-4-2-1-3-5-15;16-14-8-4-7-12-9-10-13(15(12)14)11-5-2-1-3-6-11;;;/h1-9,11-13,17H;1-9,13H;;;/q2*-1;+4;2*-1.